The molecular formula is C17H17ClN2O2. The molecule has 0 unspecified atom stereocenters. The lowest BCUT2D eigenvalue weighted by molar-refractivity contribution is 0.104. The summed E-state index contributed by atoms with van der Waals surface area (Å²) in [4.78, 5) is 12.5. The average Bonchev–Trinajstić information content (AvgIpc) is 2.93. The highest BCUT2D eigenvalue weighted by molar-refractivity contribution is 6.31. The topological polar surface area (TPSA) is 55.1 Å². The SMILES string of the molecule is CC(C)c1nn(C)c(Cl)c1C=C1Cc2c(O)cccc2C1=O. The van der Waals surface area contributed by atoms with E-state index in [-0.39, 0.29) is 17.5 Å². The number of carbonyl (C=O) groups is 1. The van der Waals surface area contributed by atoms with Crippen molar-refractivity contribution < 1.29 is 9.90 Å². The number of phenols is 1. The summed E-state index contributed by atoms with van der Waals surface area (Å²) in [7, 11) is 1.78. The van der Waals surface area contributed by atoms with Crippen LogP contribution in [0.1, 0.15) is 46.9 Å². The molecule has 0 radical (unpaired) electrons. The number of phenolic OH excluding ortho intramolecular Hbond substituents is 1. The molecule has 1 heterocycles. The number of aromatic hydroxyl groups is 1. The van der Waals surface area contributed by atoms with Crippen LogP contribution in [0.15, 0.2) is 23.8 Å². The monoisotopic (exact) mass is 316 g/mol. The number of benzene rings is 1. The van der Waals surface area contributed by atoms with E-state index in [0.717, 1.165) is 11.3 Å². The molecule has 1 aromatic heterocycles. The van der Waals surface area contributed by atoms with E-state index in [1.807, 2.05) is 19.9 Å². The smallest absolute Gasteiger partial charge is 0.189 e. The van der Waals surface area contributed by atoms with Crippen molar-refractivity contribution >= 4 is 23.5 Å². The molecule has 22 heavy (non-hydrogen) atoms. The van der Waals surface area contributed by atoms with Crippen LogP contribution in [0.4, 0.5) is 0 Å². The van der Waals surface area contributed by atoms with E-state index in [1.54, 1.807) is 29.9 Å². The molecule has 4 nitrogen and oxygen atoms in total. The second-order valence-electron chi connectivity index (χ2n) is 5.85. The van der Waals surface area contributed by atoms with Gasteiger partial charge in [-0.1, -0.05) is 37.6 Å². The molecule has 0 fully saturated rings. The van der Waals surface area contributed by atoms with E-state index in [1.165, 1.54) is 0 Å². The van der Waals surface area contributed by atoms with Crippen LogP contribution in [0.5, 0.6) is 5.75 Å². The Morgan fingerprint density at radius 2 is 2.14 bits per heavy atom. The standard InChI is InChI=1S/C17H17ClN2O2/c1-9(2)15-13(17(18)20(3)19-15)8-10-7-12-11(16(10)22)5-4-6-14(12)21/h4-6,8-9,21H,7H2,1-3H3. The first kappa shape index (κ1) is 14.9. The number of fused-ring (bicyclic) bond motifs is 1. The van der Waals surface area contributed by atoms with Crippen molar-refractivity contribution in [1.82, 2.24) is 9.78 Å². The Labute approximate surface area is 134 Å². The van der Waals surface area contributed by atoms with Crippen molar-refractivity contribution in [2.75, 3.05) is 0 Å². The van der Waals surface area contributed by atoms with Gasteiger partial charge in [0.15, 0.2) is 5.78 Å². The third-order valence-corrected chi connectivity index (χ3v) is 4.41. The fourth-order valence-electron chi connectivity index (χ4n) is 2.81. The van der Waals surface area contributed by atoms with Crippen molar-refractivity contribution in [2.24, 2.45) is 7.05 Å². The van der Waals surface area contributed by atoms with Crippen molar-refractivity contribution in [3.8, 4) is 5.75 Å². The predicted octanol–water partition coefficient (Wildman–Crippen LogP) is 3.72. The van der Waals surface area contributed by atoms with Gasteiger partial charge in [-0.2, -0.15) is 5.10 Å². The van der Waals surface area contributed by atoms with E-state index in [9.17, 15) is 9.90 Å². The second kappa shape index (κ2) is 5.29. The lowest BCUT2D eigenvalue weighted by Crippen LogP contribution is -1.97. The number of aryl methyl sites for hydroxylation is 1. The Kier molecular flexibility index (Phi) is 3.57. The summed E-state index contributed by atoms with van der Waals surface area (Å²) in [5, 5.41) is 14.9. The largest absolute Gasteiger partial charge is 0.508 e. The minimum absolute atomic E-state index is 0.0551. The van der Waals surface area contributed by atoms with Gasteiger partial charge in [0.2, 0.25) is 0 Å². The zero-order valence-corrected chi connectivity index (χ0v) is 13.5. The van der Waals surface area contributed by atoms with E-state index in [2.05, 4.69) is 5.10 Å². The van der Waals surface area contributed by atoms with Crippen LogP contribution in [0.2, 0.25) is 5.15 Å². The van der Waals surface area contributed by atoms with Crippen LogP contribution in [0.3, 0.4) is 0 Å². The lowest BCUT2D eigenvalue weighted by atomic mass is 10.0. The van der Waals surface area contributed by atoms with Crippen molar-refractivity contribution in [3.05, 3.63) is 51.3 Å². The fourth-order valence-corrected chi connectivity index (χ4v) is 3.00. The number of nitrogens with zero attached hydrogens (tertiary/aromatic N) is 2. The van der Waals surface area contributed by atoms with Crippen molar-refractivity contribution in [2.45, 2.75) is 26.2 Å². The molecule has 0 saturated carbocycles. The maximum atomic E-state index is 12.5. The van der Waals surface area contributed by atoms with E-state index in [4.69, 9.17) is 11.6 Å². The minimum atomic E-state index is -0.0551. The molecule has 0 spiro atoms. The van der Waals surface area contributed by atoms with E-state index < -0.39 is 0 Å². The zero-order chi connectivity index (χ0) is 16.0. The van der Waals surface area contributed by atoms with Crippen LogP contribution in [-0.2, 0) is 13.5 Å². The van der Waals surface area contributed by atoms with Crippen molar-refractivity contribution in [3.63, 3.8) is 0 Å². The summed E-state index contributed by atoms with van der Waals surface area (Å²) in [6, 6.07) is 5.03. The molecule has 1 aromatic carbocycles. The first-order valence-electron chi connectivity index (χ1n) is 7.18. The highest BCUT2D eigenvalue weighted by Gasteiger charge is 2.28. The normalized spacial score (nSPS) is 15.9. The Balaban J connectivity index is 2.09. The maximum Gasteiger partial charge on any atom is 0.189 e. The first-order chi connectivity index (χ1) is 10.4. The number of Topliss-reactive ketones (excluding diaryl/α,β-unsaturated/α-hetero) is 1. The number of rotatable bonds is 2. The van der Waals surface area contributed by atoms with Crippen molar-refractivity contribution in [1.29, 1.82) is 0 Å². The first-order valence-corrected chi connectivity index (χ1v) is 7.56. The quantitative estimate of drug-likeness (QED) is 0.859. The third kappa shape index (κ3) is 2.24. The number of allylic oxidation sites excluding steroid dienone is 1. The van der Waals surface area contributed by atoms with Crippen LogP contribution >= 0.6 is 11.6 Å². The Bertz CT molecular complexity index is 803. The summed E-state index contributed by atoms with van der Waals surface area (Å²) in [6.07, 6.45) is 2.23. The molecule has 1 N–H and O–H groups in total. The van der Waals surface area contributed by atoms with Crippen LogP contribution in [0.25, 0.3) is 6.08 Å². The number of ketones is 1. The summed E-state index contributed by atoms with van der Waals surface area (Å²) in [6.45, 7) is 4.08. The maximum absolute atomic E-state index is 12.5. The number of aromatic nitrogens is 2. The molecule has 0 saturated heterocycles. The lowest BCUT2D eigenvalue weighted by Gasteiger charge is -2.02. The molecular weight excluding hydrogens is 300 g/mol. The number of hydrogen-bond donors (Lipinski definition) is 1. The van der Waals surface area contributed by atoms with Gasteiger partial charge in [-0.25, -0.2) is 0 Å². The van der Waals surface area contributed by atoms with Gasteiger partial charge in [0, 0.05) is 35.7 Å². The molecule has 1 aliphatic carbocycles. The molecule has 3 rings (SSSR count). The summed E-state index contributed by atoms with van der Waals surface area (Å²) in [5.74, 6) is 0.314. The highest BCUT2D eigenvalue weighted by Crippen LogP contribution is 2.35. The van der Waals surface area contributed by atoms with Gasteiger partial charge < -0.3 is 5.11 Å². The number of halogens is 1. The Morgan fingerprint density at radius 3 is 2.77 bits per heavy atom. The van der Waals surface area contributed by atoms with Gasteiger partial charge in [-0.3, -0.25) is 9.48 Å². The third-order valence-electron chi connectivity index (χ3n) is 3.96. The van der Waals surface area contributed by atoms with E-state index in [0.29, 0.717) is 28.3 Å². The predicted molar refractivity (Wildman–Crippen MR) is 86.4 cm³/mol. The second-order valence-corrected chi connectivity index (χ2v) is 6.20. The highest BCUT2D eigenvalue weighted by atomic mass is 35.5. The average molecular weight is 317 g/mol. The number of hydrogen-bond acceptors (Lipinski definition) is 3. The summed E-state index contributed by atoms with van der Waals surface area (Å²) >= 11 is 6.32. The fraction of sp³-hybridized carbons (Fsp3) is 0.294. The Morgan fingerprint density at radius 1 is 1.41 bits per heavy atom. The van der Waals surface area contributed by atoms with Gasteiger partial charge in [-0.15, -0.1) is 0 Å². The molecule has 0 amide bonds. The number of carbonyl (C=O) groups excluding carboxylic acids is 1. The van der Waals surface area contributed by atoms with Crippen LogP contribution in [-0.4, -0.2) is 20.7 Å². The summed E-state index contributed by atoms with van der Waals surface area (Å²) < 4.78 is 1.62. The molecule has 0 aliphatic heterocycles. The molecule has 0 bridgehead atoms. The molecule has 5 heteroatoms. The van der Waals surface area contributed by atoms with Gasteiger partial charge in [0.05, 0.1) is 5.69 Å². The van der Waals surface area contributed by atoms with Crippen LogP contribution < -0.4 is 0 Å². The molecule has 114 valence electrons. The Hall–Kier alpha value is -2.07. The molecule has 1 aliphatic rings. The van der Waals surface area contributed by atoms with Gasteiger partial charge in [0.25, 0.3) is 0 Å². The van der Waals surface area contributed by atoms with E-state index >= 15 is 0 Å². The summed E-state index contributed by atoms with van der Waals surface area (Å²) in [5.41, 5.74) is 3.54. The molecule has 0 atom stereocenters. The van der Waals surface area contributed by atoms with Crippen LogP contribution in [0, 0.1) is 0 Å². The van der Waals surface area contributed by atoms with Gasteiger partial charge >= 0.3 is 0 Å². The molecule has 2 aromatic rings. The van der Waals surface area contributed by atoms with Gasteiger partial charge in [-0.05, 0) is 18.1 Å². The zero-order valence-electron chi connectivity index (χ0n) is 12.7. The minimum Gasteiger partial charge on any atom is -0.508 e. The van der Waals surface area contributed by atoms with Gasteiger partial charge in [0.1, 0.15) is 10.9 Å².